The summed E-state index contributed by atoms with van der Waals surface area (Å²) in [5, 5.41) is 9.51. The summed E-state index contributed by atoms with van der Waals surface area (Å²) in [6.07, 6.45) is 2.79. The number of rotatable bonds is 7. The molecule has 0 aliphatic heterocycles. The molecule has 0 saturated carbocycles. The van der Waals surface area contributed by atoms with E-state index in [4.69, 9.17) is 9.94 Å². The lowest BCUT2D eigenvalue weighted by Crippen LogP contribution is -2.39. The molecule has 0 aromatic carbocycles. The zero-order chi connectivity index (χ0) is 12.8. The molecule has 5 nitrogen and oxygen atoms in total. The molecule has 0 fully saturated rings. The van der Waals surface area contributed by atoms with Crippen LogP contribution >= 0.6 is 11.8 Å². The summed E-state index contributed by atoms with van der Waals surface area (Å²) < 4.78 is 0. The van der Waals surface area contributed by atoms with Gasteiger partial charge >= 0.3 is 5.97 Å². The van der Waals surface area contributed by atoms with E-state index in [2.05, 4.69) is 0 Å². The Morgan fingerprint density at radius 1 is 1.56 bits per heavy atom. The number of hydroxylamine groups is 2. The number of carboxylic acid groups (broad SMARTS) is 1. The molecule has 1 atom stereocenters. The summed E-state index contributed by atoms with van der Waals surface area (Å²) in [5.74, 6) is -0.874. The predicted molar refractivity (Wildman–Crippen MR) is 62.9 cm³/mol. The van der Waals surface area contributed by atoms with Gasteiger partial charge in [-0.1, -0.05) is 0 Å². The first-order valence-electron chi connectivity index (χ1n) is 4.97. The highest BCUT2D eigenvalue weighted by Crippen LogP contribution is 2.21. The van der Waals surface area contributed by atoms with Crippen LogP contribution in [0, 0.1) is 0 Å². The number of hydrogen-bond donors (Lipinski definition) is 1. The average Bonchev–Trinajstić information content (AvgIpc) is 2.14. The molecule has 0 aliphatic carbocycles. The van der Waals surface area contributed by atoms with Gasteiger partial charge in [-0.05, 0) is 33.4 Å². The van der Waals surface area contributed by atoms with Crippen molar-refractivity contribution in [1.82, 2.24) is 5.06 Å². The summed E-state index contributed by atoms with van der Waals surface area (Å²) in [7, 11) is 0. The predicted octanol–water partition coefficient (Wildman–Crippen LogP) is 1.73. The number of amides is 1. The van der Waals surface area contributed by atoms with E-state index in [1.807, 2.05) is 27.0 Å². The fraction of sp³-hybridized carbons (Fsp3) is 0.800. The van der Waals surface area contributed by atoms with Gasteiger partial charge in [0.25, 0.3) is 0 Å². The highest BCUT2D eigenvalue weighted by Gasteiger charge is 2.23. The number of aliphatic carboxylic acids is 1. The first kappa shape index (κ1) is 15.2. The van der Waals surface area contributed by atoms with Crippen LogP contribution in [0.4, 0.5) is 0 Å². The van der Waals surface area contributed by atoms with Crippen molar-refractivity contribution in [3.05, 3.63) is 0 Å². The third-order valence-corrected chi connectivity index (χ3v) is 2.63. The minimum absolute atomic E-state index is 0.0172. The Balaban J connectivity index is 4.38. The van der Waals surface area contributed by atoms with Crippen LogP contribution in [0.15, 0.2) is 0 Å². The second kappa shape index (κ2) is 6.75. The maximum absolute atomic E-state index is 10.9. The van der Waals surface area contributed by atoms with Crippen LogP contribution in [0.2, 0.25) is 0 Å². The lowest BCUT2D eigenvalue weighted by Gasteiger charge is -2.31. The van der Waals surface area contributed by atoms with Crippen LogP contribution in [-0.2, 0) is 14.4 Å². The molecule has 6 heteroatoms. The third kappa shape index (κ3) is 6.68. The first-order chi connectivity index (χ1) is 7.30. The molecular weight excluding hydrogens is 230 g/mol. The molecule has 0 aliphatic rings. The number of hydrogen-bond acceptors (Lipinski definition) is 4. The molecule has 1 N–H and O–H groups in total. The Morgan fingerprint density at radius 2 is 2.12 bits per heavy atom. The van der Waals surface area contributed by atoms with Crippen molar-refractivity contribution in [2.24, 2.45) is 0 Å². The molecule has 16 heavy (non-hydrogen) atoms. The Morgan fingerprint density at radius 3 is 2.44 bits per heavy atom. The van der Waals surface area contributed by atoms with Crippen molar-refractivity contribution in [2.75, 3.05) is 6.26 Å². The summed E-state index contributed by atoms with van der Waals surface area (Å²) in [6.45, 7) is 5.49. The number of carboxylic acids is 1. The monoisotopic (exact) mass is 249 g/mol. The van der Waals surface area contributed by atoms with E-state index in [9.17, 15) is 9.59 Å². The minimum Gasteiger partial charge on any atom is -0.481 e. The Hall–Kier alpha value is -0.750. The van der Waals surface area contributed by atoms with E-state index in [1.54, 1.807) is 0 Å². The highest BCUT2D eigenvalue weighted by atomic mass is 32.2. The minimum atomic E-state index is -0.874. The van der Waals surface area contributed by atoms with Crippen LogP contribution in [0.3, 0.4) is 0 Å². The molecule has 0 bridgehead atoms. The molecular formula is C10H19NO4S. The van der Waals surface area contributed by atoms with Gasteiger partial charge in [0.05, 0.1) is 5.60 Å². The summed E-state index contributed by atoms with van der Waals surface area (Å²) >= 11 is 1.39. The van der Waals surface area contributed by atoms with E-state index >= 15 is 0 Å². The van der Waals surface area contributed by atoms with Crippen LogP contribution in [0.1, 0.15) is 33.6 Å². The first-order valence-corrected chi connectivity index (χ1v) is 6.26. The van der Waals surface area contributed by atoms with Crippen molar-refractivity contribution in [3.8, 4) is 0 Å². The molecule has 0 rings (SSSR count). The quantitative estimate of drug-likeness (QED) is 0.423. The highest BCUT2D eigenvalue weighted by molar-refractivity contribution is 7.99. The van der Waals surface area contributed by atoms with Crippen molar-refractivity contribution < 1.29 is 19.5 Å². The van der Waals surface area contributed by atoms with E-state index in [-0.39, 0.29) is 11.8 Å². The fourth-order valence-electron chi connectivity index (χ4n) is 1.06. The van der Waals surface area contributed by atoms with Crippen LogP contribution in [0.25, 0.3) is 0 Å². The topological polar surface area (TPSA) is 66.8 Å². The van der Waals surface area contributed by atoms with Gasteiger partial charge in [0.15, 0.2) is 0 Å². The summed E-state index contributed by atoms with van der Waals surface area (Å²) in [4.78, 5) is 26.8. The molecule has 0 spiro atoms. The lowest BCUT2D eigenvalue weighted by atomic mass is 10.2. The van der Waals surface area contributed by atoms with E-state index in [0.29, 0.717) is 12.8 Å². The molecule has 1 amide bonds. The van der Waals surface area contributed by atoms with Gasteiger partial charge in [-0.15, -0.1) is 11.8 Å². The van der Waals surface area contributed by atoms with Crippen molar-refractivity contribution in [3.63, 3.8) is 0 Å². The Bertz CT molecular complexity index is 239. The van der Waals surface area contributed by atoms with Crippen molar-refractivity contribution in [1.29, 1.82) is 0 Å². The normalized spacial score (nSPS) is 13.2. The number of thioether (sulfide) groups is 1. The van der Waals surface area contributed by atoms with Gasteiger partial charge < -0.3 is 5.11 Å². The van der Waals surface area contributed by atoms with Gasteiger partial charge in [-0.3, -0.25) is 14.4 Å². The third-order valence-electron chi connectivity index (χ3n) is 1.64. The summed E-state index contributed by atoms with van der Waals surface area (Å²) in [6, 6.07) is 0. The van der Waals surface area contributed by atoms with Crippen LogP contribution in [0.5, 0.6) is 0 Å². The Labute approximate surface area is 100 Å². The van der Waals surface area contributed by atoms with Gasteiger partial charge in [0.2, 0.25) is 6.41 Å². The number of nitrogens with zero attached hydrogens (tertiary/aromatic N) is 1. The molecule has 0 aromatic rings. The zero-order valence-corrected chi connectivity index (χ0v) is 10.9. The molecule has 1 unspecified atom stereocenters. The molecule has 0 aromatic heterocycles. The van der Waals surface area contributed by atoms with Gasteiger partial charge in [-0.2, -0.15) is 0 Å². The van der Waals surface area contributed by atoms with Crippen LogP contribution < -0.4 is 0 Å². The molecule has 0 saturated heterocycles. The van der Waals surface area contributed by atoms with Gasteiger partial charge in [-0.25, -0.2) is 5.06 Å². The Kier molecular flexibility index (Phi) is 6.43. The molecule has 0 radical (unpaired) electrons. The molecule has 0 heterocycles. The van der Waals surface area contributed by atoms with Crippen molar-refractivity contribution >= 4 is 24.1 Å². The second-order valence-electron chi connectivity index (χ2n) is 4.29. The largest absolute Gasteiger partial charge is 0.481 e. The SMILES string of the molecule is CSC(CCC(=O)O)N(C=O)OC(C)(C)C. The number of carbonyl (C=O) groups is 2. The zero-order valence-electron chi connectivity index (χ0n) is 10.1. The maximum atomic E-state index is 10.9. The van der Waals surface area contributed by atoms with Gasteiger partial charge in [0, 0.05) is 6.42 Å². The average molecular weight is 249 g/mol. The summed E-state index contributed by atoms with van der Waals surface area (Å²) in [5.41, 5.74) is -0.474. The number of carbonyl (C=O) groups excluding carboxylic acids is 1. The smallest absolute Gasteiger partial charge is 0.303 e. The fourth-order valence-corrected chi connectivity index (χ4v) is 1.71. The van der Waals surface area contributed by atoms with E-state index in [0.717, 1.165) is 0 Å². The second-order valence-corrected chi connectivity index (χ2v) is 5.31. The van der Waals surface area contributed by atoms with Gasteiger partial charge in [0.1, 0.15) is 5.37 Å². The van der Waals surface area contributed by atoms with E-state index < -0.39 is 11.6 Å². The van der Waals surface area contributed by atoms with E-state index in [1.165, 1.54) is 16.8 Å². The molecule has 94 valence electrons. The van der Waals surface area contributed by atoms with Crippen LogP contribution in [-0.4, -0.2) is 39.8 Å². The maximum Gasteiger partial charge on any atom is 0.303 e. The standard InChI is InChI=1S/C10H19NO4S/c1-10(2,3)15-11(7-12)8(16-4)5-6-9(13)14/h7-8H,5-6H2,1-4H3,(H,13,14). The lowest BCUT2D eigenvalue weighted by molar-refractivity contribution is -0.221. The van der Waals surface area contributed by atoms with Crippen molar-refractivity contribution in [2.45, 2.75) is 44.6 Å².